The number of rotatable bonds is 4. The topological polar surface area (TPSA) is 37.3 Å². The fourth-order valence-electron chi connectivity index (χ4n) is 1.60. The maximum atomic E-state index is 11.2. The summed E-state index contributed by atoms with van der Waals surface area (Å²) in [4.78, 5) is 11.2. The lowest BCUT2D eigenvalue weighted by molar-refractivity contribution is -0.123. The second kappa shape index (κ2) is 5.08. The van der Waals surface area contributed by atoms with Crippen LogP contribution < -0.4 is 0 Å². The smallest absolute Gasteiger partial charge is 0.133 e. The van der Waals surface area contributed by atoms with Crippen LogP contribution in [0.5, 0.6) is 0 Å². The van der Waals surface area contributed by atoms with Crippen LogP contribution >= 0.6 is 0 Å². The minimum absolute atomic E-state index is 0.0510. The summed E-state index contributed by atoms with van der Waals surface area (Å²) >= 11 is 0. The molecule has 0 saturated carbocycles. The highest BCUT2D eigenvalue weighted by Crippen LogP contribution is 2.27. The molecule has 1 aromatic rings. The van der Waals surface area contributed by atoms with Crippen molar-refractivity contribution < 1.29 is 9.90 Å². The molecule has 1 aromatic carbocycles. The van der Waals surface area contributed by atoms with Gasteiger partial charge < -0.3 is 5.11 Å². The van der Waals surface area contributed by atoms with Crippen molar-refractivity contribution in [3.63, 3.8) is 0 Å². The Bertz CT molecular complexity index is 319. The molecule has 3 atom stereocenters. The molecule has 0 heterocycles. The standard InChI is InChI=1S/C13H18O2/c1-9(11(3)14)10(2)13(15)12-7-5-4-6-8-12/h4-10,13,15H,1-3H3. The lowest BCUT2D eigenvalue weighted by Crippen LogP contribution is -2.22. The van der Waals surface area contributed by atoms with E-state index in [1.54, 1.807) is 6.92 Å². The molecule has 0 bridgehead atoms. The highest BCUT2D eigenvalue weighted by Gasteiger charge is 2.24. The zero-order valence-electron chi connectivity index (χ0n) is 9.47. The Labute approximate surface area is 90.9 Å². The van der Waals surface area contributed by atoms with Gasteiger partial charge >= 0.3 is 0 Å². The number of aliphatic hydroxyl groups excluding tert-OH is 1. The van der Waals surface area contributed by atoms with Crippen molar-refractivity contribution in [2.75, 3.05) is 0 Å². The van der Waals surface area contributed by atoms with E-state index in [1.165, 1.54) is 0 Å². The van der Waals surface area contributed by atoms with Crippen molar-refractivity contribution in [2.45, 2.75) is 26.9 Å². The first-order valence-corrected chi connectivity index (χ1v) is 5.27. The normalized spacial score (nSPS) is 16.8. The van der Waals surface area contributed by atoms with Gasteiger partial charge in [0.2, 0.25) is 0 Å². The fraction of sp³-hybridized carbons (Fsp3) is 0.462. The Balaban J connectivity index is 2.77. The second-order valence-electron chi connectivity index (χ2n) is 4.11. The average molecular weight is 206 g/mol. The van der Waals surface area contributed by atoms with E-state index in [-0.39, 0.29) is 17.6 Å². The van der Waals surface area contributed by atoms with Crippen LogP contribution in [0.15, 0.2) is 30.3 Å². The minimum atomic E-state index is -0.565. The number of aliphatic hydroxyl groups is 1. The molecule has 0 aromatic heterocycles. The van der Waals surface area contributed by atoms with Crippen LogP contribution in [0.2, 0.25) is 0 Å². The first kappa shape index (κ1) is 11.9. The summed E-state index contributed by atoms with van der Waals surface area (Å²) in [6.07, 6.45) is -0.565. The lowest BCUT2D eigenvalue weighted by atomic mass is 9.85. The van der Waals surface area contributed by atoms with Gasteiger partial charge in [0.25, 0.3) is 0 Å². The van der Waals surface area contributed by atoms with Crippen molar-refractivity contribution in [3.8, 4) is 0 Å². The highest BCUT2D eigenvalue weighted by molar-refractivity contribution is 5.78. The molecule has 0 aliphatic rings. The predicted octanol–water partition coefficient (Wildman–Crippen LogP) is 2.58. The number of ketones is 1. The third-order valence-electron chi connectivity index (χ3n) is 3.07. The molecule has 82 valence electrons. The summed E-state index contributed by atoms with van der Waals surface area (Å²) in [6.45, 7) is 5.34. The maximum absolute atomic E-state index is 11.2. The van der Waals surface area contributed by atoms with Gasteiger partial charge in [-0.05, 0) is 18.4 Å². The van der Waals surface area contributed by atoms with Gasteiger partial charge in [0, 0.05) is 5.92 Å². The van der Waals surface area contributed by atoms with Crippen molar-refractivity contribution in [2.24, 2.45) is 11.8 Å². The predicted molar refractivity (Wildman–Crippen MR) is 60.4 cm³/mol. The number of carbonyl (C=O) groups excluding carboxylic acids is 1. The Morgan fingerprint density at radius 1 is 1.20 bits per heavy atom. The molecule has 0 aliphatic heterocycles. The molecule has 1 rings (SSSR count). The molecule has 0 aliphatic carbocycles. The molecule has 1 N–H and O–H groups in total. The molecule has 0 spiro atoms. The fourth-order valence-corrected chi connectivity index (χ4v) is 1.60. The zero-order chi connectivity index (χ0) is 11.4. The quantitative estimate of drug-likeness (QED) is 0.822. The van der Waals surface area contributed by atoms with Crippen molar-refractivity contribution in [3.05, 3.63) is 35.9 Å². The summed E-state index contributed by atoms with van der Waals surface area (Å²) in [5.41, 5.74) is 0.873. The Hall–Kier alpha value is -1.15. The van der Waals surface area contributed by atoms with Crippen molar-refractivity contribution in [1.82, 2.24) is 0 Å². The van der Waals surface area contributed by atoms with Gasteiger partial charge in [-0.1, -0.05) is 44.2 Å². The van der Waals surface area contributed by atoms with Crippen LogP contribution in [0.3, 0.4) is 0 Å². The molecule has 3 unspecified atom stereocenters. The van der Waals surface area contributed by atoms with Crippen LogP contribution in [0, 0.1) is 11.8 Å². The molecule has 15 heavy (non-hydrogen) atoms. The van der Waals surface area contributed by atoms with E-state index in [0.717, 1.165) is 5.56 Å². The molecule has 0 radical (unpaired) electrons. The lowest BCUT2D eigenvalue weighted by Gasteiger charge is -2.23. The van der Waals surface area contributed by atoms with Gasteiger partial charge in [0.05, 0.1) is 6.10 Å². The summed E-state index contributed by atoms with van der Waals surface area (Å²) in [7, 11) is 0. The number of hydrogen-bond donors (Lipinski definition) is 1. The monoisotopic (exact) mass is 206 g/mol. The van der Waals surface area contributed by atoms with Gasteiger partial charge in [0.15, 0.2) is 0 Å². The first-order valence-electron chi connectivity index (χ1n) is 5.27. The molecule has 0 fully saturated rings. The first-order chi connectivity index (χ1) is 7.04. The SMILES string of the molecule is CC(=O)C(C)C(C)C(O)c1ccccc1. The second-order valence-corrected chi connectivity index (χ2v) is 4.11. The Morgan fingerprint density at radius 2 is 1.73 bits per heavy atom. The van der Waals surface area contributed by atoms with E-state index < -0.39 is 6.10 Å². The van der Waals surface area contributed by atoms with E-state index in [0.29, 0.717) is 0 Å². The molecule has 2 heteroatoms. The largest absolute Gasteiger partial charge is 0.388 e. The minimum Gasteiger partial charge on any atom is -0.388 e. The summed E-state index contributed by atoms with van der Waals surface area (Å²) in [5.74, 6) is -0.0393. The van der Waals surface area contributed by atoms with Crippen LogP contribution in [0.1, 0.15) is 32.4 Å². The van der Waals surface area contributed by atoms with Crippen LogP contribution in [-0.2, 0) is 4.79 Å². The zero-order valence-corrected chi connectivity index (χ0v) is 9.47. The number of Topliss-reactive ketones (excluding diaryl/α,β-unsaturated/α-hetero) is 1. The molecule has 0 saturated heterocycles. The van der Waals surface area contributed by atoms with E-state index in [4.69, 9.17) is 0 Å². The van der Waals surface area contributed by atoms with Gasteiger partial charge in [-0.25, -0.2) is 0 Å². The molecule has 0 amide bonds. The van der Waals surface area contributed by atoms with Gasteiger partial charge in [-0.3, -0.25) is 4.79 Å². The van der Waals surface area contributed by atoms with E-state index in [9.17, 15) is 9.90 Å². The Morgan fingerprint density at radius 3 is 2.20 bits per heavy atom. The van der Waals surface area contributed by atoms with Crippen LogP contribution in [-0.4, -0.2) is 10.9 Å². The van der Waals surface area contributed by atoms with Gasteiger partial charge in [0.1, 0.15) is 5.78 Å². The number of hydrogen-bond acceptors (Lipinski definition) is 2. The third-order valence-corrected chi connectivity index (χ3v) is 3.07. The number of benzene rings is 1. The van der Waals surface area contributed by atoms with Crippen LogP contribution in [0.25, 0.3) is 0 Å². The highest BCUT2D eigenvalue weighted by atomic mass is 16.3. The van der Waals surface area contributed by atoms with E-state index in [2.05, 4.69) is 0 Å². The van der Waals surface area contributed by atoms with Crippen molar-refractivity contribution in [1.29, 1.82) is 0 Å². The molecule has 2 nitrogen and oxygen atoms in total. The maximum Gasteiger partial charge on any atom is 0.133 e. The summed E-state index contributed by atoms with van der Waals surface area (Å²) in [6, 6.07) is 9.46. The summed E-state index contributed by atoms with van der Waals surface area (Å²) < 4.78 is 0. The number of carbonyl (C=O) groups is 1. The Kier molecular flexibility index (Phi) is 4.04. The summed E-state index contributed by atoms with van der Waals surface area (Å²) in [5, 5.41) is 10.1. The van der Waals surface area contributed by atoms with Crippen LogP contribution in [0.4, 0.5) is 0 Å². The average Bonchev–Trinajstić information content (AvgIpc) is 2.27. The van der Waals surface area contributed by atoms with E-state index in [1.807, 2.05) is 44.2 Å². The molecular weight excluding hydrogens is 188 g/mol. The van der Waals surface area contributed by atoms with E-state index >= 15 is 0 Å². The van der Waals surface area contributed by atoms with Crippen molar-refractivity contribution >= 4 is 5.78 Å². The van der Waals surface area contributed by atoms with Gasteiger partial charge in [-0.15, -0.1) is 0 Å². The molecular formula is C13H18O2. The third kappa shape index (κ3) is 2.90. The van der Waals surface area contributed by atoms with Gasteiger partial charge in [-0.2, -0.15) is 0 Å².